The van der Waals surface area contributed by atoms with Crippen LogP contribution >= 0.6 is 12.4 Å². The zero-order chi connectivity index (χ0) is 22.0. The van der Waals surface area contributed by atoms with Crippen molar-refractivity contribution < 1.29 is 22.7 Å². The summed E-state index contributed by atoms with van der Waals surface area (Å²) in [5, 5.41) is 4.13. The van der Waals surface area contributed by atoms with Gasteiger partial charge in [-0.2, -0.15) is 18.3 Å². The number of carbonyl (C=O) groups excluding carboxylic acids is 1. The van der Waals surface area contributed by atoms with E-state index < -0.39 is 17.8 Å². The summed E-state index contributed by atoms with van der Waals surface area (Å²) in [6.45, 7) is 0. The Labute approximate surface area is 187 Å². The van der Waals surface area contributed by atoms with Gasteiger partial charge >= 0.3 is 12.1 Å². The van der Waals surface area contributed by atoms with Gasteiger partial charge < -0.3 is 4.74 Å². The molecule has 0 aliphatic rings. The van der Waals surface area contributed by atoms with Crippen LogP contribution in [0, 0.1) is 0 Å². The van der Waals surface area contributed by atoms with Crippen molar-refractivity contribution in [1.29, 1.82) is 0 Å². The summed E-state index contributed by atoms with van der Waals surface area (Å²) in [5.74, 6) is -0.693. The van der Waals surface area contributed by atoms with Gasteiger partial charge in [-0.3, -0.25) is 0 Å². The number of carbonyl (C=O) groups is 1. The standard InChI is InChI=1S/C23H16F3N3O2.ClH/c1-31-22(30)18-11-12-21(27-14-18)29-20(23(24,25)26)13-19(28-29)17-9-7-16(8-10-17)15-5-3-2-4-6-15;/h2-14H,1H3;1H. The van der Waals surface area contributed by atoms with Crippen molar-refractivity contribution in [2.24, 2.45) is 0 Å². The van der Waals surface area contributed by atoms with Gasteiger partial charge in [0.15, 0.2) is 11.5 Å². The van der Waals surface area contributed by atoms with Crippen LogP contribution in [-0.4, -0.2) is 27.8 Å². The Morgan fingerprint density at radius 2 is 1.53 bits per heavy atom. The number of halogens is 4. The van der Waals surface area contributed by atoms with Crippen LogP contribution in [-0.2, 0) is 10.9 Å². The van der Waals surface area contributed by atoms with Gasteiger partial charge in [-0.15, -0.1) is 12.4 Å². The zero-order valence-corrected chi connectivity index (χ0v) is 17.5. The lowest BCUT2D eigenvalue weighted by Gasteiger charge is -2.09. The lowest BCUT2D eigenvalue weighted by atomic mass is 10.0. The minimum absolute atomic E-state index is 0. The van der Waals surface area contributed by atoms with Crippen molar-refractivity contribution in [2.45, 2.75) is 6.18 Å². The van der Waals surface area contributed by atoms with Gasteiger partial charge in [0.05, 0.1) is 18.4 Å². The Balaban J connectivity index is 0.00000289. The van der Waals surface area contributed by atoms with E-state index in [-0.39, 0.29) is 29.5 Å². The average Bonchev–Trinajstić information content (AvgIpc) is 3.26. The van der Waals surface area contributed by atoms with E-state index in [2.05, 4.69) is 14.8 Å². The average molecular weight is 460 g/mol. The van der Waals surface area contributed by atoms with Crippen LogP contribution in [0.1, 0.15) is 16.1 Å². The van der Waals surface area contributed by atoms with Crippen molar-refractivity contribution in [3.8, 4) is 28.2 Å². The number of ether oxygens (including phenoxy) is 1. The van der Waals surface area contributed by atoms with Gasteiger partial charge in [-0.25, -0.2) is 14.5 Å². The minimum atomic E-state index is -4.64. The number of aromatic nitrogens is 3. The fourth-order valence-corrected chi connectivity index (χ4v) is 3.11. The lowest BCUT2D eigenvalue weighted by Crippen LogP contribution is -2.14. The predicted molar refractivity (Wildman–Crippen MR) is 116 cm³/mol. The van der Waals surface area contributed by atoms with Crippen molar-refractivity contribution in [1.82, 2.24) is 14.8 Å². The molecule has 0 N–H and O–H groups in total. The van der Waals surface area contributed by atoms with E-state index in [1.807, 2.05) is 42.5 Å². The van der Waals surface area contributed by atoms with E-state index in [1.165, 1.54) is 19.2 Å². The highest BCUT2D eigenvalue weighted by Crippen LogP contribution is 2.34. The molecule has 0 spiro atoms. The SMILES string of the molecule is COC(=O)c1ccc(-n2nc(-c3ccc(-c4ccccc4)cc3)cc2C(F)(F)F)nc1.Cl. The lowest BCUT2D eigenvalue weighted by molar-refractivity contribution is -0.142. The first kappa shape index (κ1) is 23.0. The quantitative estimate of drug-likeness (QED) is 0.360. The molecule has 0 bridgehead atoms. The summed E-state index contributed by atoms with van der Waals surface area (Å²) in [4.78, 5) is 15.5. The second-order valence-electron chi connectivity index (χ2n) is 6.66. The fraction of sp³-hybridized carbons (Fsp3) is 0.0870. The summed E-state index contributed by atoms with van der Waals surface area (Å²) in [6, 6.07) is 20.4. The van der Waals surface area contributed by atoms with E-state index in [0.29, 0.717) is 5.56 Å². The van der Waals surface area contributed by atoms with Crippen LogP contribution in [0.2, 0.25) is 0 Å². The molecule has 9 heteroatoms. The van der Waals surface area contributed by atoms with Crippen molar-refractivity contribution >= 4 is 18.4 Å². The topological polar surface area (TPSA) is 57.0 Å². The normalized spacial score (nSPS) is 11.0. The number of alkyl halides is 3. The molecule has 0 aliphatic heterocycles. The van der Waals surface area contributed by atoms with Gasteiger partial charge in [0.2, 0.25) is 0 Å². The first-order valence-corrected chi connectivity index (χ1v) is 9.24. The van der Waals surface area contributed by atoms with Crippen LogP contribution in [0.4, 0.5) is 13.2 Å². The molecule has 164 valence electrons. The molecule has 0 saturated heterocycles. The molecule has 0 saturated carbocycles. The molecular weight excluding hydrogens is 443 g/mol. The third-order valence-electron chi connectivity index (χ3n) is 4.67. The number of pyridine rings is 1. The van der Waals surface area contributed by atoms with Crippen LogP contribution in [0.5, 0.6) is 0 Å². The minimum Gasteiger partial charge on any atom is -0.465 e. The molecule has 0 amide bonds. The number of rotatable bonds is 4. The van der Waals surface area contributed by atoms with E-state index in [4.69, 9.17) is 0 Å². The molecule has 0 fully saturated rings. The molecular formula is C23H17ClF3N3O2. The van der Waals surface area contributed by atoms with Crippen molar-refractivity contribution in [3.63, 3.8) is 0 Å². The largest absolute Gasteiger partial charge is 0.465 e. The molecule has 4 rings (SSSR count). The molecule has 0 radical (unpaired) electrons. The maximum atomic E-state index is 13.6. The maximum Gasteiger partial charge on any atom is 0.433 e. The van der Waals surface area contributed by atoms with E-state index >= 15 is 0 Å². The molecule has 0 unspecified atom stereocenters. The summed E-state index contributed by atoms with van der Waals surface area (Å²) in [7, 11) is 1.21. The van der Waals surface area contributed by atoms with Gasteiger partial charge in [-0.1, -0.05) is 54.6 Å². The van der Waals surface area contributed by atoms with Crippen LogP contribution < -0.4 is 0 Å². The third kappa shape index (κ3) is 4.65. The first-order chi connectivity index (χ1) is 14.9. The highest BCUT2D eigenvalue weighted by atomic mass is 35.5. The van der Waals surface area contributed by atoms with Crippen LogP contribution in [0.15, 0.2) is 79.0 Å². The van der Waals surface area contributed by atoms with Gasteiger partial charge in [-0.05, 0) is 29.3 Å². The highest BCUT2D eigenvalue weighted by molar-refractivity contribution is 5.89. The number of hydrogen-bond acceptors (Lipinski definition) is 4. The van der Waals surface area contributed by atoms with E-state index in [1.54, 1.807) is 12.1 Å². The molecule has 2 aromatic heterocycles. The number of benzene rings is 2. The molecule has 32 heavy (non-hydrogen) atoms. The Morgan fingerprint density at radius 1 is 0.906 bits per heavy atom. The molecule has 2 heterocycles. The second-order valence-corrected chi connectivity index (χ2v) is 6.66. The molecule has 0 atom stereocenters. The monoisotopic (exact) mass is 459 g/mol. The fourth-order valence-electron chi connectivity index (χ4n) is 3.11. The predicted octanol–water partition coefficient (Wildman–Crippen LogP) is 5.83. The first-order valence-electron chi connectivity index (χ1n) is 9.24. The smallest absolute Gasteiger partial charge is 0.433 e. The van der Waals surface area contributed by atoms with E-state index in [0.717, 1.165) is 28.1 Å². The van der Waals surface area contributed by atoms with Crippen molar-refractivity contribution in [3.05, 3.63) is 90.3 Å². The summed E-state index contributed by atoms with van der Waals surface area (Å²) >= 11 is 0. The van der Waals surface area contributed by atoms with E-state index in [9.17, 15) is 18.0 Å². The Kier molecular flexibility index (Phi) is 6.64. The Morgan fingerprint density at radius 3 is 2.09 bits per heavy atom. The van der Waals surface area contributed by atoms with Crippen molar-refractivity contribution in [2.75, 3.05) is 7.11 Å². The van der Waals surface area contributed by atoms with Gasteiger partial charge in [0.1, 0.15) is 0 Å². The van der Waals surface area contributed by atoms with Crippen LogP contribution in [0.3, 0.4) is 0 Å². The summed E-state index contributed by atoms with van der Waals surface area (Å²) in [6.07, 6.45) is -3.49. The third-order valence-corrected chi connectivity index (χ3v) is 4.67. The number of hydrogen-bond donors (Lipinski definition) is 0. The summed E-state index contributed by atoms with van der Waals surface area (Å²) in [5.41, 5.74) is 1.81. The molecule has 0 aliphatic carbocycles. The number of nitrogens with zero attached hydrogens (tertiary/aromatic N) is 3. The number of esters is 1. The van der Waals surface area contributed by atoms with Crippen LogP contribution in [0.25, 0.3) is 28.2 Å². The maximum absolute atomic E-state index is 13.6. The molecule has 4 aromatic rings. The number of methoxy groups -OCH3 is 1. The highest BCUT2D eigenvalue weighted by Gasteiger charge is 2.36. The molecule has 5 nitrogen and oxygen atoms in total. The second kappa shape index (κ2) is 9.23. The zero-order valence-electron chi connectivity index (χ0n) is 16.7. The Bertz CT molecular complexity index is 1210. The Hall–Kier alpha value is -3.65. The van der Waals surface area contributed by atoms with Gasteiger partial charge in [0.25, 0.3) is 0 Å². The van der Waals surface area contributed by atoms with Gasteiger partial charge in [0, 0.05) is 11.8 Å². The summed E-state index contributed by atoms with van der Waals surface area (Å²) < 4.78 is 46.2. The molecule has 2 aromatic carbocycles.